The first-order chi connectivity index (χ1) is 8.36. The predicted octanol–water partition coefficient (Wildman–Crippen LogP) is 1.14. The lowest BCUT2D eigenvalue weighted by atomic mass is 9.95. The fourth-order valence-corrected chi connectivity index (χ4v) is 2.57. The smallest absolute Gasteiger partial charge is 0.146 e. The quantitative estimate of drug-likeness (QED) is 0.496. The number of hydrogen-bond acceptors (Lipinski definition) is 5. The molecular formula is C12H20O5. The van der Waals surface area contributed by atoms with E-state index in [1.165, 1.54) is 0 Å². The van der Waals surface area contributed by atoms with E-state index in [9.17, 15) is 0 Å². The fourth-order valence-electron chi connectivity index (χ4n) is 2.57. The molecule has 0 spiro atoms. The molecule has 0 aromatic rings. The van der Waals surface area contributed by atoms with Crippen LogP contribution in [0.15, 0.2) is 12.3 Å². The highest BCUT2D eigenvalue weighted by Crippen LogP contribution is 2.40. The summed E-state index contributed by atoms with van der Waals surface area (Å²) in [7, 11) is 3.25. The highest BCUT2D eigenvalue weighted by molar-refractivity contribution is 5.06. The van der Waals surface area contributed by atoms with Gasteiger partial charge in [0, 0.05) is 32.5 Å². The molecule has 2 aliphatic rings. The second kappa shape index (κ2) is 6.35. The molecule has 5 heteroatoms. The van der Waals surface area contributed by atoms with E-state index < -0.39 is 0 Å². The molecule has 1 aliphatic carbocycles. The van der Waals surface area contributed by atoms with E-state index in [-0.39, 0.29) is 12.2 Å². The van der Waals surface area contributed by atoms with Gasteiger partial charge in [0.2, 0.25) is 0 Å². The lowest BCUT2D eigenvalue weighted by Crippen LogP contribution is -2.27. The van der Waals surface area contributed by atoms with Crippen molar-refractivity contribution in [2.24, 2.45) is 11.8 Å². The molecule has 1 saturated carbocycles. The van der Waals surface area contributed by atoms with E-state index in [1.807, 2.05) is 0 Å². The Bertz CT molecular complexity index is 255. The van der Waals surface area contributed by atoms with Gasteiger partial charge in [0.1, 0.15) is 19.7 Å². The lowest BCUT2D eigenvalue weighted by molar-refractivity contribution is -0.109. The molecule has 1 aliphatic heterocycles. The summed E-state index contributed by atoms with van der Waals surface area (Å²) in [5.41, 5.74) is 0. The molecular weight excluding hydrogens is 224 g/mol. The van der Waals surface area contributed by atoms with Crippen molar-refractivity contribution in [3.8, 4) is 0 Å². The average Bonchev–Trinajstić information content (AvgIpc) is 2.89. The molecule has 0 aromatic heterocycles. The summed E-state index contributed by atoms with van der Waals surface area (Å²) in [5.74, 6) is 0.692. The third-order valence-corrected chi connectivity index (χ3v) is 3.33. The van der Waals surface area contributed by atoms with Gasteiger partial charge in [-0.2, -0.15) is 0 Å². The van der Waals surface area contributed by atoms with E-state index in [0.717, 1.165) is 6.42 Å². The van der Waals surface area contributed by atoms with Crippen LogP contribution in [0.2, 0.25) is 0 Å². The van der Waals surface area contributed by atoms with E-state index in [1.54, 1.807) is 20.5 Å². The Morgan fingerprint density at radius 2 is 2.06 bits per heavy atom. The second-order valence-electron chi connectivity index (χ2n) is 4.37. The van der Waals surface area contributed by atoms with Gasteiger partial charge < -0.3 is 23.7 Å². The van der Waals surface area contributed by atoms with Gasteiger partial charge in [-0.1, -0.05) is 0 Å². The first kappa shape index (κ1) is 12.8. The maximum atomic E-state index is 5.67. The van der Waals surface area contributed by atoms with Crippen LogP contribution in [-0.2, 0) is 23.7 Å². The van der Waals surface area contributed by atoms with Crippen LogP contribution in [0.3, 0.4) is 0 Å². The van der Waals surface area contributed by atoms with Gasteiger partial charge in [0.25, 0.3) is 0 Å². The molecule has 0 unspecified atom stereocenters. The maximum Gasteiger partial charge on any atom is 0.146 e. The van der Waals surface area contributed by atoms with E-state index in [0.29, 0.717) is 32.0 Å². The van der Waals surface area contributed by atoms with Crippen molar-refractivity contribution in [3.63, 3.8) is 0 Å². The monoisotopic (exact) mass is 244 g/mol. The molecule has 98 valence electrons. The Hall–Kier alpha value is -0.620. The average molecular weight is 244 g/mol. The highest BCUT2D eigenvalue weighted by Gasteiger charge is 2.45. The number of rotatable bonds is 7. The summed E-state index contributed by atoms with van der Waals surface area (Å²) in [6.07, 6.45) is 5.13. The van der Waals surface area contributed by atoms with Crippen LogP contribution in [0.25, 0.3) is 0 Å². The third-order valence-electron chi connectivity index (χ3n) is 3.33. The summed E-state index contributed by atoms with van der Waals surface area (Å²) in [6, 6.07) is 0. The van der Waals surface area contributed by atoms with E-state index in [2.05, 4.69) is 6.08 Å². The van der Waals surface area contributed by atoms with Crippen LogP contribution >= 0.6 is 0 Å². The zero-order chi connectivity index (χ0) is 12.1. The SMILES string of the molecule is COCOC[C@H]1[C@H]2C=CO[C@@H]2C[C@@H]1OCOC. The van der Waals surface area contributed by atoms with Crippen LogP contribution in [0, 0.1) is 11.8 Å². The predicted molar refractivity (Wildman–Crippen MR) is 60.2 cm³/mol. The molecule has 2 rings (SSSR count). The van der Waals surface area contributed by atoms with Crippen molar-refractivity contribution in [1.29, 1.82) is 0 Å². The Labute approximate surface area is 102 Å². The second-order valence-corrected chi connectivity index (χ2v) is 4.37. The Balaban J connectivity index is 1.88. The Morgan fingerprint density at radius 1 is 1.24 bits per heavy atom. The number of fused-ring (bicyclic) bond motifs is 1. The summed E-state index contributed by atoms with van der Waals surface area (Å²) in [6.45, 7) is 1.25. The number of methoxy groups -OCH3 is 2. The van der Waals surface area contributed by atoms with Crippen molar-refractivity contribution in [1.82, 2.24) is 0 Å². The largest absolute Gasteiger partial charge is 0.498 e. The molecule has 0 N–H and O–H groups in total. The standard InChI is InChI=1S/C12H20O5/c1-13-7-15-6-10-9-3-4-16-11(9)5-12(10)17-8-14-2/h3-4,9-12H,5-8H2,1-2H3/t9-,10+,11-,12+/m1/s1. The van der Waals surface area contributed by atoms with Crippen LogP contribution in [-0.4, -0.2) is 46.6 Å². The molecule has 0 radical (unpaired) electrons. The zero-order valence-electron chi connectivity index (χ0n) is 10.3. The van der Waals surface area contributed by atoms with Gasteiger partial charge in [-0.3, -0.25) is 0 Å². The van der Waals surface area contributed by atoms with Crippen LogP contribution in [0.4, 0.5) is 0 Å². The molecule has 0 bridgehead atoms. The summed E-state index contributed by atoms with van der Waals surface area (Å²) >= 11 is 0. The van der Waals surface area contributed by atoms with Crippen LogP contribution < -0.4 is 0 Å². The van der Waals surface area contributed by atoms with Crippen molar-refractivity contribution in [2.75, 3.05) is 34.4 Å². The van der Waals surface area contributed by atoms with Gasteiger partial charge in [0.05, 0.1) is 19.0 Å². The van der Waals surface area contributed by atoms with Gasteiger partial charge in [-0.05, 0) is 6.08 Å². The summed E-state index contributed by atoms with van der Waals surface area (Å²) in [4.78, 5) is 0. The van der Waals surface area contributed by atoms with Gasteiger partial charge in [-0.15, -0.1) is 0 Å². The normalized spacial score (nSPS) is 34.9. The Kier molecular flexibility index (Phi) is 4.79. The highest BCUT2D eigenvalue weighted by atomic mass is 16.7. The molecule has 0 aromatic carbocycles. The van der Waals surface area contributed by atoms with Gasteiger partial charge in [0.15, 0.2) is 0 Å². The fraction of sp³-hybridized carbons (Fsp3) is 0.833. The van der Waals surface area contributed by atoms with Crippen LogP contribution in [0.1, 0.15) is 6.42 Å². The maximum absolute atomic E-state index is 5.67. The number of ether oxygens (including phenoxy) is 5. The Morgan fingerprint density at radius 3 is 2.82 bits per heavy atom. The lowest BCUT2D eigenvalue weighted by Gasteiger charge is -2.22. The number of hydrogen-bond donors (Lipinski definition) is 0. The molecule has 5 nitrogen and oxygen atoms in total. The topological polar surface area (TPSA) is 46.2 Å². The third kappa shape index (κ3) is 2.98. The van der Waals surface area contributed by atoms with Crippen molar-refractivity contribution in [2.45, 2.75) is 18.6 Å². The van der Waals surface area contributed by atoms with Crippen molar-refractivity contribution >= 4 is 0 Å². The van der Waals surface area contributed by atoms with Crippen molar-refractivity contribution in [3.05, 3.63) is 12.3 Å². The molecule has 0 amide bonds. The van der Waals surface area contributed by atoms with E-state index in [4.69, 9.17) is 23.7 Å². The van der Waals surface area contributed by atoms with Gasteiger partial charge >= 0.3 is 0 Å². The first-order valence-corrected chi connectivity index (χ1v) is 5.86. The summed E-state index contributed by atoms with van der Waals surface area (Å²) in [5, 5.41) is 0. The minimum Gasteiger partial charge on any atom is -0.498 e. The summed E-state index contributed by atoms with van der Waals surface area (Å²) < 4.78 is 26.5. The molecule has 0 saturated heterocycles. The molecule has 1 heterocycles. The van der Waals surface area contributed by atoms with Gasteiger partial charge in [-0.25, -0.2) is 0 Å². The molecule has 17 heavy (non-hydrogen) atoms. The zero-order valence-corrected chi connectivity index (χ0v) is 10.3. The van der Waals surface area contributed by atoms with Crippen LogP contribution in [0.5, 0.6) is 0 Å². The molecule has 1 fully saturated rings. The van der Waals surface area contributed by atoms with Crippen molar-refractivity contribution < 1.29 is 23.7 Å². The minimum atomic E-state index is 0.131. The van der Waals surface area contributed by atoms with E-state index >= 15 is 0 Å². The first-order valence-electron chi connectivity index (χ1n) is 5.86. The molecule has 4 atom stereocenters. The minimum absolute atomic E-state index is 0.131.